The number of halogens is 1. The Balaban J connectivity index is 1.68. The van der Waals surface area contributed by atoms with Crippen molar-refractivity contribution in [2.24, 2.45) is 0 Å². The van der Waals surface area contributed by atoms with Crippen LogP contribution >= 0.6 is 27.3 Å². The summed E-state index contributed by atoms with van der Waals surface area (Å²) in [6.07, 6.45) is 6.73. The molecule has 0 unspecified atom stereocenters. The maximum Gasteiger partial charge on any atom is 0.276 e. The van der Waals surface area contributed by atoms with E-state index in [1.165, 1.54) is 46.8 Å². The first kappa shape index (κ1) is 18.6. The molecule has 0 saturated heterocycles. The Kier molecular flexibility index (Phi) is 5.93. The summed E-state index contributed by atoms with van der Waals surface area (Å²) in [6.45, 7) is 0. The lowest BCUT2D eigenvalue weighted by Gasteiger charge is -2.07. The van der Waals surface area contributed by atoms with Gasteiger partial charge in [-0.05, 0) is 61.6 Å². The molecule has 3 rings (SSSR count). The second-order valence-corrected chi connectivity index (χ2v) is 9.72. The van der Waals surface area contributed by atoms with Crippen molar-refractivity contribution < 1.29 is 13.2 Å². The van der Waals surface area contributed by atoms with Gasteiger partial charge in [-0.1, -0.05) is 28.8 Å². The number of rotatable bonds is 4. The summed E-state index contributed by atoms with van der Waals surface area (Å²) in [4.78, 5) is 16.4. The molecule has 25 heavy (non-hydrogen) atoms. The molecule has 134 valence electrons. The third kappa shape index (κ3) is 4.69. The first-order valence-corrected chi connectivity index (χ1v) is 11.2. The van der Waals surface area contributed by atoms with Crippen molar-refractivity contribution in [2.75, 3.05) is 0 Å². The fraction of sp³-hybridized carbons (Fsp3) is 0.353. The molecule has 0 aliphatic heterocycles. The molecule has 0 spiro atoms. The van der Waals surface area contributed by atoms with E-state index in [0.29, 0.717) is 4.88 Å². The van der Waals surface area contributed by atoms with Gasteiger partial charge in [-0.15, -0.1) is 16.2 Å². The molecule has 5 nitrogen and oxygen atoms in total. The van der Waals surface area contributed by atoms with Gasteiger partial charge in [0, 0.05) is 9.35 Å². The zero-order valence-corrected chi connectivity index (χ0v) is 16.8. The van der Waals surface area contributed by atoms with Gasteiger partial charge in [-0.2, -0.15) is 0 Å². The highest BCUT2D eigenvalue weighted by Crippen LogP contribution is 2.28. The third-order valence-corrected chi connectivity index (χ3v) is 7.17. The van der Waals surface area contributed by atoms with E-state index in [1.807, 2.05) is 6.07 Å². The van der Waals surface area contributed by atoms with Crippen molar-refractivity contribution in [1.29, 1.82) is 0 Å². The number of aryl methyl sites for hydroxylation is 2. The van der Waals surface area contributed by atoms with Crippen molar-refractivity contribution in [1.82, 2.24) is 10.3 Å². The predicted octanol–water partition coefficient (Wildman–Crippen LogP) is 3.79. The van der Waals surface area contributed by atoms with E-state index in [-0.39, 0.29) is 4.90 Å². The van der Waals surface area contributed by atoms with Gasteiger partial charge >= 0.3 is 0 Å². The van der Waals surface area contributed by atoms with Crippen LogP contribution in [0.5, 0.6) is 0 Å². The van der Waals surface area contributed by atoms with Crippen molar-refractivity contribution in [2.45, 2.75) is 43.4 Å². The Hall–Kier alpha value is -1.22. The molecular weight excluding hydrogens is 424 g/mol. The monoisotopic (exact) mass is 442 g/mol. The Morgan fingerprint density at radius 1 is 1.04 bits per heavy atom. The Morgan fingerprint density at radius 3 is 2.44 bits per heavy atom. The fourth-order valence-electron chi connectivity index (χ4n) is 2.80. The summed E-state index contributed by atoms with van der Waals surface area (Å²) in [5, 5.41) is 0. The van der Waals surface area contributed by atoms with Crippen LogP contribution in [-0.4, -0.2) is 14.3 Å². The lowest BCUT2D eigenvalue weighted by atomic mass is 10.00. The van der Waals surface area contributed by atoms with Crippen LogP contribution < -0.4 is 10.3 Å². The largest absolute Gasteiger partial charge is 0.276 e. The Labute approximate surface area is 160 Å². The number of nitrogens with one attached hydrogen (secondary N) is 2. The molecular formula is C17H19BrN2O3S2. The minimum absolute atomic E-state index is 0.0921. The minimum atomic E-state index is -3.79. The van der Waals surface area contributed by atoms with Crippen LogP contribution in [0.15, 0.2) is 39.7 Å². The number of benzene rings is 1. The molecule has 1 aliphatic carbocycles. The first-order chi connectivity index (χ1) is 12.0. The molecule has 1 heterocycles. The first-order valence-electron chi connectivity index (χ1n) is 8.15. The topological polar surface area (TPSA) is 75.3 Å². The smallest absolute Gasteiger partial charge is 0.273 e. The minimum Gasteiger partial charge on any atom is -0.273 e. The number of fused-ring (bicyclic) bond motifs is 1. The summed E-state index contributed by atoms with van der Waals surface area (Å²) < 4.78 is 25.2. The number of amides is 1. The molecule has 1 aromatic heterocycles. The molecule has 2 N–H and O–H groups in total. The second-order valence-electron chi connectivity index (χ2n) is 5.99. The number of hydrogen-bond donors (Lipinski definition) is 2. The van der Waals surface area contributed by atoms with E-state index in [4.69, 9.17) is 0 Å². The summed E-state index contributed by atoms with van der Waals surface area (Å²) in [5.41, 5.74) is 3.54. The van der Waals surface area contributed by atoms with E-state index in [2.05, 4.69) is 26.2 Å². The molecule has 1 aromatic carbocycles. The zero-order valence-electron chi connectivity index (χ0n) is 13.5. The SMILES string of the molecule is O=C(NNS(=O)(=O)c1ccc(Br)cc1)c1cc2c(s1)CCCCCC2. The molecule has 8 heteroatoms. The lowest BCUT2D eigenvalue weighted by molar-refractivity contribution is 0.0949. The predicted molar refractivity (Wildman–Crippen MR) is 102 cm³/mol. The Bertz CT molecular complexity index is 835. The summed E-state index contributed by atoms with van der Waals surface area (Å²) >= 11 is 4.72. The van der Waals surface area contributed by atoms with E-state index in [1.54, 1.807) is 12.1 Å². The highest BCUT2D eigenvalue weighted by molar-refractivity contribution is 9.10. The number of carbonyl (C=O) groups excluding carboxylic acids is 1. The van der Waals surface area contributed by atoms with Gasteiger partial charge in [0.1, 0.15) is 0 Å². The zero-order chi connectivity index (χ0) is 17.9. The molecule has 0 saturated carbocycles. The van der Waals surface area contributed by atoms with Crippen molar-refractivity contribution in [3.05, 3.63) is 50.1 Å². The van der Waals surface area contributed by atoms with E-state index >= 15 is 0 Å². The maximum atomic E-state index is 12.3. The van der Waals surface area contributed by atoms with Gasteiger partial charge < -0.3 is 0 Å². The van der Waals surface area contributed by atoms with Gasteiger partial charge in [0.2, 0.25) is 0 Å². The van der Waals surface area contributed by atoms with Crippen LogP contribution in [0.25, 0.3) is 0 Å². The van der Waals surface area contributed by atoms with Crippen molar-refractivity contribution in [3.8, 4) is 0 Å². The van der Waals surface area contributed by atoms with Crippen LogP contribution in [-0.2, 0) is 22.9 Å². The lowest BCUT2D eigenvalue weighted by Crippen LogP contribution is -2.41. The van der Waals surface area contributed by atoms with Crippen LogP contribution in [0, 0.1) is 0 Å². The van der Waals surface area contributed by atoms with Gasteiger partial charge in [0.25, 0.3) is 15.9 Å². The highest BCUT2D eigenvalue weighted by Gasteiger charge is 2.19. The van der Waals surface area contributed by atoms with Gasteiger partial charge in [-0.3, -0.25) is 10.2 Å². The molecule has 1 amide bonds. The number of sulfonamides is 1. The molecule has 1 aliphatic rings. The average Bonchev–Trinajstić information content (AvgIpc) is 2.95. The van der Waals surface area contributed by atoms with E-state index in [9.17, 15) is 13.2 Å². The summed E-state index contributed by atoms with van der Waals surface area (Å²) in [6, 6.07) is 8.10. The molecule has 0 fully saturated rings. The summed E-state index contributed by atoms with van der Waals surface area (Å²) in [5.74, 6) is -0.419. The highest BCUT2D eigenvalue weighted by atomic mass is 79.9. The second kappa shape index (κ2) is 7.99. The van der Waals surface area contributed by atoms with Crippen molar-refractivity contribution >= 4 is 43.2 Å². The molecule has 0 radical (unpaired) electrons. The average molecular weight is 443 g/mol. The fourth-order valence-corrected chi connectivity index (χ4v) is 5.06. The van der Waals surface area contributed by atoms with E-state index < -0.39 is 15.9 Å². The number of thiophene rings is 1. The standard InChI is InChI=1S/C17H19BrN2O3S2/c18-13-7-9-14(10-8-13)25(22,23)20-19-17(21)16-11-12-5-3-1-2-4-6-15(12)24-16/h7-11,20H,1-6H2,(H,19,21). The van der Waals surface area contributed by atoms with Gasteiger partial charge in [-0.25, -0.2) is 8.42 Å². The summed E-state index contributed by atoms with van der Waals surface area (Å²) in [7, 11) is -3.79. The Morgan fingerprint density at radius 2 is 1.72 bits per heavy atom. The van der Waals surface area contributed by atoms with Crippen molar-refractivity contribution in [3.63, 3.8) is 0 Å². The quantitative estimate of drug-likeness (QED) is 0.706. The molecule has 0 atom stereocenters. The van der Waals surface area contributed by atoms with Gasteiger partial charge in [0.15, 0.2) is 0 Å². The van der Waals surface area contributed by atoms with Crippen LogP contribution in [0.2, 0.25) is 0 Å². The normalized spacial score (nSPS) is 15.1. The van der Waals surface area contributed by atoms with Crippen LogP contribution in [0.4, 0.5) is 0 Å². The maximum absolute atomic E-state index is 12.3. The van der Waals surface area contributed by atoms with Crippen LogP contribution in [0.1, 0.15) is 45.8 Å². The number of hydrogen-bond acceptors (Lipinski definition) is 4. The van der Waals surface area contributed by atoms with Gasteiger partial charge in [0.05, 0.1) is 9.77 Å². The number of hydrazine groups is 1. The number of carbonyl (C=O) groups is 1. The molecule has 0 bridgehead atoms. The molecule has 2 aromatic rings. The van der Waals surface area contributed by atoms with Crippen LogP contribution in [0.3, 0.4) is 0 Å². The third-order valence-electron chi connectivity index (χ3n) is 4.14. The van der Waals surface area contributed by atoms with E-state index in [0.717, 1.165) is 30.2 Å².